The van der Waals surface area contributed by atoms with Gasteiger partial charge in [-0.1, -0.05) is 6.42 Å². The molecule has 0 radical (unpaired) electrons. The molecule has 3 aliphatic heterocycles. The van der Waals surface area contributed by atoms with E-state index in [9.17, 15) is 4.79 Å². The predicted molar refractivity (Wildman–Crippen MR) is 109 cm³/mol. The SMILES string of the molecule is CN1C2CCCC1CC(NC(=O)c1n[nH]c3ccc(N4CCOCC4)cc13)C2. The van der Waals surface area contributed by atoms with Crippen molar-refractivity contribution in [3.05, 3.63) is 23.9 Å². The first-order valence-corrected chi connectivity index (χ1v) is 10.5. The lowest BCUT2D eigenvalue weighted by Crippen LogP contribution is -2.55. The van der Waals surface area contributed by atoms with Crippen LogP contribution < -0.4 is 10.2 Å². The van der Waals surface area contributed by atoms with Gasteiger partial charge in [0.25, 0.3) is 5.91 Å². The van der Waals surface area contributed by atoms with E-state index in [4.69, 9.17) is 4.74 Å². The van der Waals surface area contributed by atoms with E-state index in [1.165, 1.54) is 19.3 Å². The van der Waals surface area contributed by atoms with Crippen LogP contribution in [0.15, 0.2) is 18.2 Å². The Hall–Kier alpha value is -2.12. The maximum absolute atomic E-state index is 13.0. The number of ether oxygens (including phenoxy) is 1. The molecule has 1 amide bonds. The van der Waals surface area contributed by atoms with Crippen LogP contribution in [0.3, 0.4) is 0 Å². The van der Waals surface area contributed by atoms with E-state index >= 15 is 0 Å². The van der Waals surface area contributed by atoms with E-state index in [1.807, 2.05) is 6.07 Å². The number of fused-ring (bicyclic) bond motifs is 3. The molecule has 4 heterocycles. The lowest BCUT2D eigenvalue weighted by Gasteiger charge is -2.47. The predicted octanol–water partition coefficient (Wildman–Crippen LogP) is 2.14. The van der Waals surface area contributed by atoms with E-state index in [2.05, 4.69) is 44.5 Å². The molecule has 3 saturated heterocycles. The highest BCUT2D eigenvalue weighted by atomic mass is 16.5. The van der Waals surface area contributed by atoms with Crippen LogP contribution in [0.1, 0.15) is 42.6 Å². The quantitative estimate of drug-likeness (QED) is 0.850. The number of nitrogens with zero attached hydrogens (tertiary/aromatic N) is 3. The van der Waals surface area contributed by atoms with Gasteiger partial charge in [-0.3, -0.25) is 9.89 Å². The van der Waals surface area contributed by atoms with E-state index in [0.29, 0.717) is 17.8 Å². The summed E-state index contributed by atoms with van der Waals surface area (Å²) >= 11 is 0. The topological polar surface area (TPSA) is 73.5 Å². The highest BCUT2D eigenvalue weighted by molar-refractivity contribution is 6.05. The number of aromatic amines is 1. The average molecular weight is 383 g/mol. The van der Waals surface area contributed by atoms with Gasteiger partial charge in [0.2, 0.25) is 0 Å². The van der Waals surface area contributed by atoms with E-state index in [0.717, 1.165) is 55.7 Å². The minimum atomic E-state index is -0.0574. The fraction of sp³-hybridized carbons (Fsp3) is 0.619. The van der Waals surface area contributed by atoms with Gasteiger partial charge in [0.05, 0.1) is 18.7 Å². The lowest BCUT2D eigenvalue weighted by atomic mass is 9.82. The Morgan fingerprint density at radius 3 is 2.71 bits per heavy atom. The highest BCUT2D eigenvalue weighted by Gasteiger charge is 2.36. The number of morpholine rings is 1. The first-order valence-electron chi connectivity index (χ1n) is 10.5. The fourth-order valence-electron chi connectivity index (χ4n) is 5.18. The van der Waals surface area contributed by atoms with Crippen LogP contribution in [0.5, 0.6) is 0 Å². The normalized spacial score (nSPS) is 28.5. The summed E-state index contributed by atoms with van der Waals surface area (Å²) in [4.78, 5) is 17.9. The van der Waals surface area contributed by atoms with Gasteiger partial charge < -0.3 is 19.9 Å². The van der Waals surface area contributed by atoms with Crippen LogP contribution in [0.4, 0.5) is 5.69 Å². The number of hydrogen-bond acceptors (Lipinski definition) is 5. The number of aromatic nitrogens is 2. The Kier molecular flexibility index (Phi) is 4.72. The summed E-state index contributed by atoms with van der Waals surface area (Å²) in [6.07, 6.45) is 5.89. The van der Waals surface area contributed by atoms with Crippen molar-refractivity contribution >= 4 is 22.5 Å². The highest BCUT2D eigenvalue weighted by Crippen LogP contribution is 2.33. The minimum absolute atomic E-state index is 0.0574. The van der Waals surface area contributed by atoms with Gasteiger partial charge in [-0.15, -0.1) is 0 Å². The zero-order chi connectivity index (χ0) is 19.1. The standard InChI is InChI=1S/C21H29N5O2/c1-25-15-3-2-4-16(25)12-14(11-15)22-21(27)20-18-13-17(5-6-19(18)23-24-20)26-7-9-28-10-8-26/h5-6,13-16H,2-4,7-12H2,1H3,(H,22,27)(H,23,24). The molecule has 0 spiro atoms. The summed E-state index contributed by atoms with van der Waals surface area (Å²) < 4.78 is 5.45. The molecule has 0 aliphatic carbocycles. The van der Waals surface area contributed by atoms with Gasteiger partial charge >= 0.3 is 0 Å². The zero-order valence-electron chi connectivity index (χ0n) is 16.5. The number of nitrogens with one attached hydrogen (secondary N) is 2. The van der Waals surface area contributed by atoms with Crippen LogP contribution >= 0.6 is 0 Å². The minimum Gasteiger partial charge on any atom is -0.378 e. The smallest absolute Gasteiger partial charge is 0.272 e. The van der Waals surface area contributed by atoms with E-state index in [1.54, 1.807) is 0 Å². The van der Waals surface area contributed by atoms with Gasteiger partial charge in [0.15, 0.2) is 5.69 Å². The van der Waals surface area contributed by atoms with Crippen LogP contribution in [-0.2, 0) is 4.74 Å². The summed E-state index contributed by atoms with van der Waals surface area (Å²) in [6.45, 7) is 3.25. The molecule has 1 aromatic carbocycles. The van der Waals surface area contributed by atoms with Gasteiger partial charge in [-0.05, 0) is 50.9 Å². The number of carbonyl (C=O) groups excluding carboxylic acids is 1. The van der Waals surface area contributed by atoms with Gasteiger partial charge in [0, 0.05) is 42.3 Å². The maximum atomic E-state index is 13.0. The molecule has 7 nitrogen and oxygen atoms in total. The number of amides is 1. The number of carbonyl (C=O) groups is 1. The molecule has 28 heavy (non-hydrogen) atoms. The van der Waals surface area contributed by atoms with Crippen molar-refractivity contribution in [2.24, 2.45) is 0 Å². The van der Waals surface area contributed by atoms with Crippen LogP contribution in [-0.4, -0.2) is 72.5 Å². The van der Waals surface area contributed by atoms with Crippen molar-refractivity contribution in [2.75, 3.05) is 38.3 Å². The molecule has 0 saturated carbocycles. The molecule has 2 aromatic rings. The molecule has 2 unspecified atom stereocenters. The Bertz CT molecular complexity index is 846. The first kappa shape index (κ1) is 17.9. The Labute approximate surface area is 165 Å². The molecule has 150 valence electrons. The molecule has 7 heteroatoms. The lowest BCUT2D eigenvalue weighted by molar-refractivity contribution is 0.0462. The van der Waals surface area contributed by atoms with E-state index in [-0.39, 0.29) is 11.9 Å². The molecule has 2 bridgehead atoms. The van der Waals surface area contributed by atoms with Crippen molar-refractivity contribution in [3.63, 3.8) is 0 Å². The van der Waals surface area contributed by atoms with Crippen molar-refractivity contribution in [1.29, 1.82) is 0 Å². The second-order valence-electron chi connectivity index (χ2n) is 8.45. The summed E-state index contributed by atoms with van der Waals surface area (Å²) in [7, 11) is 2.24. The Morgan fingerprint density at radius 1 is 1.21 bits per heavy atom. The third-order valence-electron chi connectivity index (χ3n) is 6.81. The summed E-state index contributed by atoms with van der Waals surface area (Å²) in [5.74, 6) is -0.0574. The van der Waals surface area contributed by atoms with Crippen molar-refractivity contribution < 1.29 is 9.53 Å². The zero-order valence-corrected chi connectivity index (χ0v) is 16.5. The Morgan fingerprint density at radius 2 is 1.96 bits per heavy atom. The first-order chi connectivity index (χ1) is 13.7. The molecule has 3 aliphatic rings. The second-order valence-corrected chi connectivity index (χ2v) is 8.45. The summed E-state index contributed by atoms with van der Waals surface area (Å²) in [5, 5.41) is 11.5. The molecule has 3 fully saturated rings. The second kappa shape index (κ2) is 7.37. The molecule has 1 aromatic heterocycles. The third kappa shape index (κ3) is 3.26. The number of hydrogen-bond donors (Lipinski definition) is 2. The molecule has 5 rings (SSSR count). The molecular formula is C21H29N5O2. The summed E-state index contributed by atoms with van der Waals surface area (Å²) in [5.41, 5.74) is 2.54. The van der Waals surface area contributed by atoms with Crippen molar-refractivity contribution in [2.45, 2.75) is 50.2 Å². The number of H-pyrrole nitrogens is 1. The van der Waals surface area contributed by atoms with Gasteiger partial charge in [-0.2, -0.15) is 5.10 Å². The van der Waals surface area contributed by atoms with Crippen molar-refractivity contribution in [1.82, 2.24) is 20.4 Å². The average Bonchev–Trinajstić information content (AvgIpc) is 3.13. The molecule has 2 atom stereocenters. The van der Waals surface area contributed by atoms with Gasteiger partial charge in [0.1, 0.15) is 0 Å². The number of rotatable bonds is 3. The molecular weight excluding hydrogens is 354 g/mol. The number of benzene rings is 1. The molecule has 2 N–H and O–H groups in total. The maximum Gasteiger partial charge on any atom is 0.272 e. The van der Waals surface area contributed by atoms with Gasteiger partial charge in [-0.25, -0.2) is 0 Å². The van der Waals surface area contributed by atoms with Crippen molar-refractivity contribution in [3.8, 4) is 0 Å². The monoisotopic (exact) mass is 383 g/mol. The van der Waals surface area contributed by atoms with E-state index < -0.39 is 0 Å². The number of anilines is 1. The van der Waals surface area contributed by atoms with Crippen LogP contribution in [0.25, 0.3) is 10.9 Å². The number of piperidine rings is 2. The third-order valence-corrected chi connectivity index (χ3v) is 6.81. The van der Waals surface area contributed by atoms with Crippen LogP contribution in [0, 0.1) is 0 Å². The largest absolute Gasteiger partial charge is 0.378 e. The fourth-order valence-corrected chi connectivity index (χ4v) is 5.18. The summed E-state index contributed by atoms with van der Waals surface area (Å²) in [6, 6.07) is 7.63. The Balaban J connectivity index is 1.34. The van der Waals surface area contributed by atoms with Crippen LogP contribution in [0.2, 0.25) is 0 Å².